The molecule has 0 aromatic carbocycles. The Bertz CT molecular complexity index is 492. The summed E-state index contributed by atoms with van der Waals surface area (Å²) in [5, 5.41) is 2.03. The first-order valence-electron chi connectivity index (χ1n) is 3.74. The number of aromatic nitrogens is 3. The third-order valence-corrected chi connectivity index (χ3v) is 3.34. The van der Waals surface area contributed by atoms with Gasteiger partial charge in [-0.05, 0) is 0 Å². The molecule has 3 nitrogen and oxygen atoms in total. The summed E-state index contributed by atoms with van der Waals surface area (Å²) >= 11 is 3.25. The maximum absolute atomic E-state index is 4.47. The van der Waals surface area contributed by atoms with Crippen LogP contribution in [0.4, 0.5) is 0 Å². The smallest absolute Gasteiger partial charge is 0.194 e. The number of thiazole rings is 2. The number of fused-ring (bicyclic) bond motifs is 1. The lowest BCUT2D eigenvalue weighted by atomic mass is 10.4. The predicted octanol–water partition coefficient (Wildman–Crippen LogP) is 2.52. The van der Waals surface area contributed by atoms with E-state index >= 15 is 0 Å². The van der Waals surface area contributed by atoms with E-state index in [4.69, 9.17) is 0 Å². The zero-order valence-electron chi connectivity index (χ0n) is 6.54. The summed E-state index contributed by atoms with van der Waals surface area (Å²) in [6.07, 6.45) is 5.88. The molecule has 3 aromatic rings. The number of rotatable bonds is 1. The van der Waals surface area contributed by atoms with Crippen molar-refractivity contribution in [2.45, 2.75) is 0 Å². The van der Waals surface area contributed by atoms with E-state index < -0.39 is 0 Å². The van der Waals surface area contributed by atoms with Gasteiger partial charge in [0.25, 0.3) is 0 Å². The Balaban J connectivity index is 2.23. The van der Waals surface area contributed by atoms with Crippen LogP contribution in [-0.4, -0.2) is 14.4 Å². The van der Waals surface area contributed by atoms with Crippen LogP contribution >= 0.6 is 22.7 Å². The molecule has 0 aliphatic heterocycles. The van der Waals surface area contributed by atoms with Crippen LogP contribution in [-0.2, 0) is 0 Å². The molecule has 0 saturated heterocycles. The number of hydrogen-bond acceptors (Lipinski definition) is 4. The zero-order valence-corrected chi connectivity index (χ0v) is 8.18. The molecule has 0 aliphatic carbocycles. The van der Waals surface area contributed by atoms with E-state index in [9.17, 15) is 0 Å². The second-order valence-electron chi connectivity index (χ2n) is 2.58. The van der Waals surface area contributed by atoms with Gasteiger partial charge in [0.15, 0.2) is 4.96 Å². The van der Waals surface area contributed by atoms with Gasteiger partial charge in [-0.2, -0.15) is 0 Å². The maximum atomic E-state index is 4.47. The van der Waals surface area contributed by atoms with Gasteiger partial charge in [-0.25, -0.2) is 4.98 Å². The Hall–Kier alpha value is -1.20. The van der Waals surface area contributed by atoms with Gasteiger partial charge in [-0.1, -0.05) is 0 Å². The van der Waals surface area contributed by atoms with E-state index in [0.29, 0.717) is 0 Å². The highest BCUT2D eigenvalue weighted by Crippen LogP contribution is 2.23. The van der Waals surface area contributed by atoms with Crippen molar-refractivity contribution in [2.75, 3.05) is 0 Å². The second kappa shape index (κ2) is 2.65. The lowest BCUT2D eigenvalue weighted by Crippen LogP contribution is -1.68. The molecule has 0 aliphatic rings. The van der Waals surface area contributed by atoms with Gasteiger partial charge in [0, 0.05) is 24.0 Å². The van der Waals surface area contributed by atoms with Crippen molar-refractivity contribution in [3.8, 4) is 10.6 Å². The highest BCUT2D eigenvalue weighted by Gasteiger charge is 2.05. The Morgan fingerprint density at radius 1 is 1.31 bits per heavy atom. The summed E-state index contributed by atoms with van der Waals surface area (Å²) < 4.78 is 2.03. The van der Waals surface area contributed by atoms with Gasteiger partial charge in [-0.3, -0.25) is 9.38 Å². The van der Waals surface area contributed by atoms with Crippen LogP contribution in [0.5, 0.6) is 0 Å². The molecular formula is C8H5N3S2. The van der Waals surface area contributed by atoms with Crippen molar-refractivity contribution >= 4 is 27.6 Å². The molecule has 0 N–H and O–H groups in total. The quantitative estimate of drug-likeness (QED) is 0.613. The van der Waals surface area contributed by atoms with Gasteiger partial charge in [-0.15, -0.1) is 22.7 Å². The van der Waals surface area contributed by atoms with E-state index in [1.165, 1.54) is 0 Å². The number of nitrogens with zero attached hydrogens (tertiary/aromatic N) is 3. The first-order valence-corrected chi connectivity index (χ1v) is 5.50. The molecule has 0 fully saturated rings. The molecule has 0 bridgehead atoms. The standard InChI is InChI=1S/C8H5N3S2/c1-2-12-8-10-6(4-11(1)8)7-3-9-5-13-7/h1-5H. The first kappa shape index (κ1) is 7.23. The number of imidazole rings is 1. The molecule has 3 heterocycles. The normalized spacial score (nSPS) is 11.1. The van der Waals surface area contributed by atoms with Crippen LogP contribution < -0.4 is 0 Å². The minimum absolute atomic E-state index is 1.01. The largest absolute Gasteiger partial charge is 0.297 e. The fourth-order valence-electron chi connectivity index (χ4n) is 1.19. The lowest BCUT2D eigenvalue weighted by molar-refractivity contribution is 1.23. The van der Waals surface area contributed by atoms with Crippen molar-refractivity contribution in [3.63, 3.8) is 0 Å². The van der Waals surface area contributed by atoms with E-state index in [1.54, 1.807) is 22.7 Å². The fourth-order valence-corrected chi connectivity index (χ4v) is 2.46. The first-order chi connectivity index (χ1) is 6.43. The molecule has 0 amide bonds. The summed E-state index contributed by atoms with van der Waals surface area (Å²) in [6, 6.07) is 0. The molecular weight excluding hydrogens is 202 g/mol. The summed E-state index contributed by atoms with van der Waals surface area (Å²) in [5.41, 5.74) is 2.83. The van der Waals surface area contributed by atoms with Gasteiger partial charge < -0.3 is 0 Å². The Morgan fingerprint density at radius 3 is 3.08 bits per heavy atom. The zero-order chi connectivity index (χ0) is 8.67. The minimum atomic E-state index is 1.01. The van der Waals surface area contributed by atoms with Crippen molar-refractivity contribution in [1.29, 1.82) is 0 Å². The molecule has 0 unspecified atom stereocenters. The average molecular weight is 207 g/mol. The molecule has 0 saturated carbocycles. The van der Waals surface area contributed by atoms with Crippen LogP contribution in [0.15, 0.2) is 29.5 Å². The van der Waals surface area contributed by atoms with Gasteiger partial charge >= 0.3 is 0 Å². The summed E-state index contributed by atoms with van der Waals surface area (Å²) in [7, 11) is 0. The van der Waals surface area contributed by atoms with Gasteiger partial charge in [0.1, 0.15) is 5.69 Å². The Kier molecular flexibility index (Phi) is 1.47. The van der Waals surface area contributed by atoms with Crippen LogP contribution in [0.1, 0.15) is 0 Å². The molecule has 0 spiro atoms. The van der Waals surface area contributed by atoms with E-state index in [2.05, 4.69) is 9.97 Å². The topological polar surface area (TPSA) is 30.2 Å². The number of hydrogen-bond donors (Lipinski definition) is 0. The molecule has 3 rings (SSSR count). The van der Waals surface area contributed by atoms with Crippen molar-refractivity contribution in [2.24, 2.45) is 0 Å². The SMILES string of the molecule is c1ncc(-c2cn3ccsc3n2)s1. The van der Waals surface area contributed by atoms with Gasteiger partial charge in [0.05, 0.1) is 10.4 Å². The third-order valence-electron chi connectivity index (χ3n) is 1.78. The average Bonchev–Trinajstić information content (AvgIpc) is 2.78. The van der Waals surface area contributed by atoms with Crippen molar-refractivity contribution in [3.05, 3.63) is 29.5 Å². The van der Waals surface area contributed by atoms with Crippen LogP contribution in [0, 0.1) is 0 Å². The van der Waals surface area contributed by atoms with Gasteiger partial charge in [0.2, 0.25) is 0 Å². The highest BCUT2D eigenvalue weighted by atomic mass is 32.1. The van der Waals surface area contributed by atoms with E-state index in [0.717, 1.165) is 15.5 Å². The fraction of sp³-hybridized carbons (Fsp3) is 0. The highest BCUT2D eigenvalue weighted by molar-refractivity contribution is 7.15. The minimum Gasteiger partial charge on any atom is -0.297 e. The lowest BCUT2D eigenvalue weighted by Gasteiger charge is -1.83. The van der Waals surface area contributed by atoms with Crippen LogP contribution in [0.3, 0.4) is 0 Å². The Morgan fingerprint density at radius 2 is 2.31 bits per heavy atom. The summed E-state index contributed by atoms with van der Waals surface area (Å²) in [6.45, 7) is 0. The molecule has 0 atom stereocenters. The molecule has 64 valence electrons. The van der Waals surface area contributed by atoms with Crippen LogP contribution in [0.2, 0.25) is 0 Å². The van der Waals surface area contributed by atoms with Crippen molar-refractivity contribution < 1.29 is 0 Å². The van der Waals surface area contributed by atoms with Crippen LogP contribution in [0.25, 0.3) is 15.5 Å². The monoisotopic (exact) mass is 207 g/mol. The Labute approximate surface area is 82.3 Å². The predicted molar refractivity (Wildman–Crippen MR) is 54.2 cm³/mol. The second-order valence-corrected chi connectivity index (χ2v) is 4.34. The third kappa shape index (κ3) is 1.08. The molecule has 5 heteroatoms. The molecule has 3 aromatic heterocycles. The molecule has 0 radical (unpaired) electrons. The molecule has 13 heavy (non-hydrogen) atoms. The van der Waals surface area contributed by atoms with Crippen molar-refractivity contribution in [1.82, 2.24) is 14.4 Å². The maximum Gasteiger partial charge on any atom is 0.194 e. The van der Waals surface area contributed by atoms with E-state index in [1.807, 2.05) is 33.9 Å². The summed E-state index contributed by atoms with van der Waals surface area (Å²) in [4.78, 5) is 10.6. The van der Waals surface area contributed by atoms with E-state index in [-0.39, 0.29) is 0 Å². The summed E-state index contributed by atoms with van der Waals surface area (Å²) in [5.74, 6) is 0.